The molecule has 2 nitrogen and oxygen atoms in total. The van der Waals surface area contributed by atoms with Crippen LogP contribution in [-0.4, -0.2) is 7.11 Å². The molecule has 0 unspecified atom stereocenters. The number of ether oxygens (including phenoxy) is 2. The van der Waals surface area contributed by atoms with E-state index < -0.39 is 0 Å². The Morgan fingerprint density at radius 2 is 1.77 bits per heavy atom. The Balaban J connectivity index is 2.69. The number of hydrogen-bond donors (Lipinski definition) is 0. The lowest BCUT2D eigenvalue weighted by molar-refractivity contribution is 0.412. The first kappa shape index (κ1) is 10.2. The van der Waals surface area contributed by atoms with Crippen molar-refractivity contribution in [1.82, 2.24) is 0 Å². The van der Waals surface area contributed by atoms with Crippen molar-refractivity contribution >= 4 is 23.2 Å². The third-order valence-electron chi connectivity index (χ3n) is 1.36. The van der Waals surface area contributed by atoms with Gasteiger partial charge in [0.1, 0.15) is 11.5 Å². The van der Waals surface area contributed by atoms with E-state index in [1.54, 1.807) is 31.4 Å². The Morgan fingerprint density at radius 1 is 1.23 bits per heavy atom. The number of rotatable bonds is 3. The molecule has 0 aliphatic rings. The van der Waals surface area contributed by atoms with Gasteiger partial charge in [-0.05, 0) is 35.9 Å². The zero-order chi connectivity index (χ0) is 9.68. The quantitative estimate of drug-likeness (QED) is 0.725. The highest BCUT2D eigenvalue weighted by Gasteiger charge is 1.96. The van der Waals surface area contributed by atoms with E-state index >= 15 is 0 Å². The molecule has 0 amide bonds. The molecule has 0 saturated carbocycles. The van der Waals surface area contributed by atoms with E-state index in [1.165, 1.54) is 0 Å². The first-order valence-corrected chi connectivity index (χ1v) is 4.35. The summed E-state index contributed by atoms with van der Waals surface area (Å²) in [6.07, 6.45) is 0. The molecule has 0 spiro atoms. The van der Waals surface area contributed by atoms with Gasteiger partial charge in [0, 0.05) is 0 Å². The summed E-state index contributed by atoms with van der Waals surface area (Å²) < 4.78 is 10.1. The number of hydrogen-bond acceptors (Lipinski definition) is 2. The van der Waals surface area contributed by atoms with Crippen LogP contribution in [-0.2, 0) is 0 Å². The molecule has 1 rings (SSSR count). The van der Waals surface area contributed by atoms with Gasteiger partial charge < -0.3 is 9.47 Å². The average Bonchev–Trinajstić information content (AvgIpc) is 2.19. The van der Waals surface area contributed by atoms with Crippen molar-refractivity contribution in [2.75, 3.05) is 7.11 Å². The number of benzene rings is 1. The first-order chi connectivity index (χ1) is 6.26. The number of methoxy groups -OCH3 is 1. The van der Waals surface area contributed by atoms with E-state index in [1.807, 2.05) is 0 Å². The molecule has 0 atom stereocenters. The Hall–Kier alpha value is -0.860. The van der Waals surface area contributed by atoms with E-state index in [4.69, 9.17) is 32.7 Å². The van der Waals surface area contributed by atoms with Crippen LogP contribution in [0.5, 0.6) is 11.5 Å². The summed E-state index contributed by atoms with van der Waals surface area (Å²) in [5, 5.41) is 0.131. The molecule has 1 aromatic carbocycles. The summed E-state index contributed by atoms with van der Waals surface area (Å²) in [6.45, 7) is 0. The minimum atomic E-state index is 0.131. The van der Waals surface area contributed by atoms with Crippen molar-refractivity contribution in [3.05, 3.63) is 35.0 Å². The van der Waals surface area contributed by atoms with Crippen molar-refractivity contribution in [1.29, 1.82) is 0 Å². The van der Waals surface area contributed by atoms with E-state index in [0.717, 1.165) is 11.3 Å². The Morgan fingerprint density at radius 3 is 2.23 bits per heavy atom. The highest BCUT2D eigenvalue weighted by Crippen LogP contribution is 2.20. The molecule has 0 aromatic heterocycles. The van der Waals surface area contributed by atoms with Crippen LogP contribution in [0.25, 0.3) is 0 Å². The molecule has 1 aromatic rings. The first-order valence-electron chi connectivity index (χ1n) is 3.54. The van der Waals surface area contributed by atoms with Crippen LogP contribution in [0.2, 0.25) is 0 Å². The van der Waals surface area contributed by atoms with Crippen LogP contribution in [0.4, 0.5) is 0 Å². The van der Waals surface area contributed by atoms with Crippen molar-refractivity contribution in [2.45, 2.75) is 0 Å². The van der Waals surface area contributed by atoms with Gasteiger partial charge in [-0.2, -0.15) is 0 Å². The second kappa shape index (κ2) is 5.00. The molecule has 0 bridgehead atoms. The SMILES string of the molecule is COc1ccc(O/C(Cl)=C/Cl)cc1. The van der Waals surface area contributed by atoms with Gasteiger partial charge in [-0.1, -0.05) is 11.6 Å². The molecule has 0 saturated heterocycles. The van der Waals surface area contributed by atoms with Gasteiger partial charge in [-0.15, -0.1) is 0 Å². The molecule has 0 heterocycles. The Kier molecular flexibility index (Phi) is 3.93. The fourth-order valence-corrected chi connectivity index (χ4v) is 0.912. The van der Waals surface area contributed by atoms with Gasteiger partial charge in [0.2, 0.25) is 5.22 Å². The predicted octanol–water partition coefficient (Wildman–Crippen LogP) is 3.35. The minimum absolute atomic E-state index is 0.131. The second-order valence-corrected chi connectivity index (χ2v) is 2.78. The van der Waals surface area contributed by atoms with Crippen molar-refractivity contribution in [3.63, 3.8) is 0 Å². The molecule has 70 valence electrons. The summed E-state index contributed by atoms with van der Waals surface area (Å²) in [4.78, 5) is 0. The summed E-state index contributed by atoms with van der Waals surface area (Å²) in [5.41, 5.74) is 1.16. The lowest BCUT2D eigenvalue weighted by Gasteiger charge is -2.03. The van der Waals surface area contributed by atoms with Gasteiger partial charge in [0.15, 0.2) is 0 Å². The van der Waals surface area contributed by atoms with E-state index in [-0.39, 0.29) is 5.22 Å². The standard InChI is InChI=1S/C9H8Cl2O2/c1-12-7-2-4-8(5-3-7)13-9(11)6-10/h2-6H,1H3/b9-6+. The molecule has 4 heteroatoms. The highest BCUT2D eigenvalue weighted by atomic mass is 35.5. The maximum atomic E-state index is 5.55. The van der Waals surface area contributed by atoms with Crippen LogP contribution in [0.1, 0.15) is 0 Å². The maximum Gasteiger partial charge on any atom is 0.205 e. The lowest BCUT2D eigenvalue weighted by Crippen LogP contribution is -1.87. The average molecular weight is 219 g/mol. The number of halogens is 2. The molecule has 13 heavy (non-hydrogen) atoms. The van der Waals surface area contributed by atoms with Crippen LogP contribution in [0.3, 0.4) is 0 Å². The monoisotopic (exact) mass is 218 g/mol. The summed E-state index contributed by atoms with van der Waals surface area (Å²) >= 11 is 10.9. The van der Waals surface area contributed by atoms with Crippen LogP contribution < -0.4 is 9.47 Å². The van der Waals surface area contributed by atoms with E-state index in [9.17, 15) is 0 Å². The summed E-state index contributed by atoms with van der Waals surface area (Å²) in [5.74, 6) is 1.38. The molecule has 0 fully saturated rings. The molecular formula is C9H8Cl2O2. The molecule has 0 aliphatic heterocycles. The molecule has 0 aliphatic carbocycles. The normalized spacial score (nSPS) is 11.2. The highest BCUT2D eigenvalue weighted by molar-refractivity contribution is 6.35. The van der Waals surface area contributed by atoms with Gasteiger partial charge in [0.25, 0.3) is 0 Å². The van der Waals surface area contributed by atoms with Gasteiger partial charge >= 0.3 is 0 Å². The van der Waals surface area contributed by atoms with E-state index in [0.29, 0.717) is 5.75 Å². The molecule has 0 N–H and O–H groups in total. The summed E-state index contributed by atoms with van der Waals surface area (Å²) in [6, 6.07) is 7.02. The summed E-state index contributed by atoms with van der Waals surface area (Å²) in [7, 11) is 1.60. The Labute approximate surface area is 86.7 Å². The third kappa shape index (κ3) is 3.17. The van der Waals surface area contributed by atoms with Crippen molar-refractivity contribution < 1.29 is 9.47 Å². The van der Waals surface area contributed by atoms with Gasteiger partial charge in [-0.3, -0.25) is 0 Å². The smallest absolute Gasteiger partial charge is 0.205 e. The van der Waals surface area contributed by atoms with Crippen molar-refractivity contribution in [2.24, 2.45) is 0 Å². The van der Waals surface area contributed by atoms with E-state index in [2.05, 4.69) is 0 Å². The fourth-order valence-electron chi connectivity index (χ4n) is 0.779. The van der Waals surface area contributed by atoms with Crippen LogP contribution in [0, 0.1) is 0 Å². The maximum absolute atomic E-state index is 5.55. The van der Waals surface area contributed by atoms with Gasteiger partial charge in [0.05, 0.1) is 12.6 Å². The van der Waals surface area contributed by atoms with Crippen molar-refractivity contribution in [3.8, 4) is 11.5 Å². The Bertz CT molecular complexity index is 293. The zero-order valence-electron chi connectivity index (χ0n) is 6.96. The fraction of sp³-hybridized carbons (Fsp3) is 0.111. The molecular weight excluding hydrogens is 211 g/mol. The van der Waals surface area contributed by atoms with Crippen LogP contribution >= 0.6 is 23.2 Å². The third-order valence-corrected chi connectivity index (χ3v) is 1.86. The molecule has 0 radical (unpaired) electrons. The topological polar surface area (TPSA) is 18.5 Å². The largest absolute Gasteiger partial charge is 0.497 e. The zero-order valence-corrected chi connectivity index (χ0v) is 8.47. The minimum Gasteiger partial charge on any atom is -0.497 e. The van der Waals surface area contributed by atoms with Gasteiger partial charge in [-0.25, -0.2) is 0 Å². The lowest BCUT2D eigenvalue weighted by atomic mass is 10.3. The predicted molar refractivity (Wildman–Crippen MR) is 53.4 cm³/mol. The van der Waals surface area contributed by atoms with Crippen LogP contribution in [0.15, 0.2) is 35.0 Å². The second-order valence-electron chi connectivity index (χ2n) is 2.19.